The van der Waals surface area contributed by atoms with E-state index >= 15 is 0 Å². The molecule has 2 aromatic rings. The Kier molecular flexibility index (Phi) is 3.46. The molecule has 0 amide bonds. The lowest BCUT2D eigenvalue weighted by Crippen LogP contribution is -2.22. The predicted octanol–water partition coefficient (Wildman–Crippen LogP) is 4.93. The van der Waals surface area contributed by atoms with Gasteiger partial charge in [-0.15, -0.1) is 0 Å². The normalized spacial score (nSPS) is 29.1. The molecule has 0 aromatic heterocycles. The summed E-state index contributed by atoms with van der Waals surface area (Å²) in [5, 5.41) is 6.28. The Bertz CT molecular complexity index is 633. The molecule has 4 rings (SSSR count). The van der Waals surface area contributed by atoms with Crippen LogP contribution in [0.4, 0.5) is 0 Å². The second kappa shape index (κ2) is 5.46. The minimum Gasteiger partial charge on any atom is -0.313 e. The van der Waals surface area contributed by atoms with Crippen molar-refractivity contribution in [1.82, 2.24) is 5.32 Å². The van der Waals surface area contributed by atoms with E-state index in [9.17, 15) is 0 Å². The van der Waals surface area contributed by atoms with Crippen molar-refractivity contribution in [3.05, 3.63) is 48.0 Å². The van der Waals surface area contributed by atoms with Gasteiger partial charge in [0.2, 0.25) is 0 Å². The molecule has 0 aliphatic heterocycles. The maximum atomic E-state index is 3.57. The van der Waals surface area contributed by atoms with Crippen molar-refractivity contribution in [2.45, 2.75) is 38.1 Å². The van der Waals surface area contributed by atoms with Crippen molar-refractivity contribution in [3.8, 4) is 0 Å². The second-order valence-electron chi connectivity index (χ2n) is 7.12. The lowest BCUT2D eigenvalue weighted by Gasteiger charge is -2.27. The van der Waals surface area contributed by atoms with Crippen LogP contribution in [-0.2, 0) is 0 Å². The molecular weight excluding hydrogens is 254 g/mol. The van der Waals surface area contributed by atoms with Crippen molar-refractivity contribution >= 4 is 10.8 Å². The lowest BCUT2D eigenvalue weighted by molar-refractivity contribution is 0.284. The first-order valence-corrected chi connectivity index (χ1v) is 8.49. The Morgan fingerprint density at radius 3 is 2.62 bits per heavy atom. The van der Waals surface area contributed by atoms with E-state index in [1.54, 1.807) is 0 Å². The van der Waals surface area contributed by atoms with Gasteiger partial charge in [0.1, 0.15) is 0 Å². The molecule has 1 heteroatoms. The Morgan fingerprint density at radius 1 is 1.05 bits per heavy atom. The first-order valence-electron chi connectivity index (χ1n) is 8.49. The van der Waals surface area contributed by atoms with Crippen LogP contribution in [0.1, 0.15) is 43.7 Å². The van der Waals surface area contributed by atoms with E-state index in [4.69, 9.17) is 0 Å². The first-order chi connectivity index (χ1) is 10.3. The van der Waals surface area contributed by atoms with E-state index in [1.807, 2.05) is 0 Å². The van der Waals surface area contributed by atoms with Crippen LogP contribution in [0.3, 0.4) is 0 Å². The van der Waals surface area contributed by atoms with E-state index < -0.39 is 0 Å². The van der Waals surface area contributed by atoms with E-state index in [0.717, 1.165) is 17.8 Å². The van der Waals surface area contributed by atoms with Crippen LogP contribution < -0.4 is 5.32 Å². The van der Waals surface area contributed by atoms with Gasteiger partial charge in [0.05, 0.1) is 0 Å². The molecule has 2 aliphatic carbocycles. The van der Waals surface area contributed by atoms with Gasteiger partial charge in [-0.2, -0.15) is 0 Å². The quantitative estimate of drug-likeness (QED) is 0.837. The summed E-state index contributed by atoms with van der Waals surface area (Å²) in [7, 11) is 2.12. The number of fused-ring (bicyclic) bond motifs is 3. The Labute approximate surface area is 127 Å². The van der Waals surface area contributed by atoms with E-state index in [-0.39, 0.29) is 0 Å². The molecule has 2 saturated carbocycles. The Hall–Kier alpha value is -1.34. The molecule has 2 bridgehead atoms. The van der Waals surface area contributed by atoms with Gasteiger partial charge in [-0.3, -0.25) is 0 Å². The number of rotatable bonds is 4. The molecule has 1 nitrogen and oxygen atoms in total. The summed E-state index contributed by atoms with van der Waals surface area (Å²) in [5.74, 6) is 3.02. The monoisotopic (exact) mass is 279 g/mol. The van der Waals surface area contributed by atoms with Crippen LogP contribution in [0.25, 0.3) is 10.8 Å². The van der Waals surface area contributed by atoms with Crippen LogP contribution in [0, 0.1) is 17.8 Å². The summed E-state index contributed by atoms with van der Waals surface area (Å²) in [6, 6.07) is 16.2. The summed E-state index contributed by atoms with van der Waals surface area (Å²) in [6.07, 6.45) is 7.30. The lowest BCUT2D eigenvalue weighted by atomic mass is 9.82. The summed E-state index contributed by atoms with van der Waals surface area (Å²) in [5.41, 5.74) is 1.46. The third kappa shape index (κ3) is 2.48. The number of nitrogens with one attached hydrogen (secondary N) is 1. The molecule has 4 atom stereocenters. The van der Waals surface area contributed by atoms with E-state index in [2.05, 4.69) is 54.8 Å². The molecule has 2 aromatic carbocycles. The zero-order valence-corrected chi connectivity index (χ0v) is 12.9. The van der Waals surface area contributed by atoms with Gasteiger partial charge in [-0.25, -0.2) is 0 Å². The zero-order valence-electron chi connectivity index (χ0n) is 12.9. The highest BCUT2D eigenvalue weighted by Gasteiger charge is 2.40. The average molecular weight is 279 g/mol. The van der Waals surface area contributed by atoms with E-state index in [1.165, 1.54) is 48.4 Å². The highest BCUT2D eigenvalue weighted by molar-refractivity contribution is 5.83. The molecule has 0 saturated heterocycles. The molecule has 0 spiro atoms. The van der Waals surface area contributed by atoms with Crippen LogP contribution in [0.2, 0.25) is 0 Å². The van der Waals surface area contributed by atoms with Gasteiger partial charge in [0, 0.05) is 6.04 Å². The van der Waals surface area contributed by atoms with Crippen LogP contribution >= 0.6 is 0 Å². The van der Waals surface area contributed by atoms with Crippen molar-refractivity contribution in [3.63, 3.8) is 0 Å². The molecular formula is C20H25N. The number of hydrogen-bond acceptors (Lipinski definition) is 1. The molecule has 110 valence electrons. The second-order valence-corrected chi connectivity index (χ2v) is 7.12. The van der Waals surface area contributed by atoms with Crippen LogP contribution in [-0.4, -0.2) is 7.05 Å². The largest absolute Gasteiger partial charge is 0.313 e. The van der Waals surface area contributed by atoms with Gasteiger partial charge in [-0.1, -0.05) is 42.8 Å². The minimum atomic E-state index is 0.513. The van der Waals surface area contributed by atoms with Crippen molar-refractivity contribution in [2.75, 3.05) is 7.05 Å². The SMILES string of the molecule is CNC(CC1CC2CCC1C2)c1ccc2ccccc2c1. The molecule has 21 heavy (non-hydrogen) atoms. The highest BCUT2D eigenvalue weighted by atomic mass is 14.9. The number of benzene rings is 2. The van der Waals surface area contributed by atoms with Crippen molar-refractivity contribution in [1.29, 1.82) is 0 Å². The van der Waals surface area contributed by atoms with Gasteiger partial charge < -0.3 is 5.32 Å². The summed E-state index contributed by atoms with van der Waals surface area (Å²) >= 11 is 0. The Morgan fingerprint density at radius 2 is 1.90 bits per heavy atom. The smallest absolute Gasteiger partial charge is 0.0320 e. The Balaban J connectivity index is 1.56. The third-order valence-electron chi connectivity index (χ3n) is 5.95. The van der Waals surface area contributed by atoms with Crippen LogP contribution in [0.15, 0.2) is 42.5 Å². The molecule has 2 fully saturated rings. The minimum absolute atomic E-state index is 0.513. The molecule has 2 aliphatic rings. The third-order valence-corrected chi connectivity index (χ3v) is 5.95. The maximum Gasteiger partial charge on any atom is 0.0320 e. The average Bonchev–Trinajstić information content (AvgIpc) is 3.15. The predicted molar refractivity (Wildman–Crippen MR) is 89.3 cm³/mol. The summed E-state index contributed by atoms with van der Waals surface area (Å²) in [6.45, 7) is 0. The fourth-order valence-electron chi connectivity index (χ4n) is 4.81. The summed E-state index contributed by atoms with van der Waals surface area (Å²) < 4.78 is 0. The van der Waals surface area contributed by atoms with Gasteiger partial charge >= 0.3 is 0 Å². The molecule has 0 radical (unpaired) electrons. The number of hydrogen-bond donors (Lipinski definition) is 1. The van der Waals surface area contributed by atoms with Gasteiger partial charge in [0.15, 0.2) is 0 Å². The van der Waals surface area contributed by atoms with Crippen molar-refractivity contribution in [2.24, 2.45) is 17.8 Å². The topological polar surface area (TPSA) is 12.0 Å². The molecule has 1 N–H and O–H groups in total. The zero-order chi connectivity index (χ0) is 14.2. The standard InChI is InChI=1S/C20H25N/c1-21-20(13-19-11-14-6-7-17(19)10-14)18-9-8-15-4-2-3-5-16(15)12-18/h2-5,8-9,12,14,17,19-21H,6-7,10-11,13H2,1H3. The van der Waals surface area contributed by atoms with Gasteiger partial charge in [0.25, 0.3) is 0 Å². The molecule has 0 heterocycles. The maximum absolute atomic E-state index is 3.57. The fourth-order valence-corrected chi connectivity index (χ4v) is 4.81. The summed E-state index contributed by atoms with van der Waals surface area (Å²) in [4.78, 5) is 0. The van der Waals surface area contributed by atoms with E-state index in [0.29, 0.717) is 6.04 Å². The highest BCUT2D eigenvalue weighted by Crippen LogP contribution is 2.50. The first kappa shape index (κ1) is 13.3. The van der Waals surface area contributed by atoms with Crippen LogP contribution in [0.5, 0.6) is 0 Å². The van der Waals surface area contributed by atoms with Crippen molar-refractivity contribution < 1.29 is 0 Å². The van der Waals surface area contributed by atoms with Gasteiger partial charge in [-0.05, 0) is 72.9 Å². The fraction of sp³-hybridized carbons (Fsp3) is 0.500. The molecule has 4 unspecified atom stereocenters.